The van der Waals surface area contributed by atoms with Crippen molar-refractivity contribution in [2.75, 3.05) is 0 Å². The fourth-order valence-corrected chi connectivity index (χ4v) is 12.2. The molecule has 0 fully saturated rings. The number of benzene rings is 8. The van der Waals surface area contributed by atoms with Crippen LogP contribution in [0, 0.1) is 24.3 Å². The van der Waals surface area contributed by atoms with Crippen molar-refractivity contribution < 1.29 is 73.3 Å². The predicted octanol–water partition coefficient (Wildman–Crippen LogP) is 14.3. The maximum atomic E-state index is 3.53. The Morgan fingerprint density at radius 1 is 0.360 bits per heavy atom. The van der Waals surface area contributed by atoms with Gasteiger partial charge in [0.25, 0.3) is 0 Å². The van der Waals surface area contributed by atoms with Gasteiger partial charge in [-0.25, -0.2) is 24.3 Å². The quantitative estimate of drug-likeness (QED) is 0.133. The molecule has 0 saturated carbocycles. The monoisotopic (exact) mass is 1320 g/mol. The fourth-order valence-electron chi connectivity index (χ4n) is 10.1. The van der Waals surface area contributed by atoms with Crippen LogP contribution in [0.3, 0.4) is 0 Å². The van der Waals surface area contributed by atoms with Crippen molar-refractivity contribution in [2.45, 2.75) is 156 Å². The second kappa shape index (κ2) is 34.0. The van der Waals surface area contributed by atoms with E-state index in [1.807, 2.05) is 24.3 Å². The number of hydrogen-bond donors (Lipinski definition) is 0. The summed E-state index contributed by atoms with van der Waals surface area (Å²) in [5.74, 6) is 0. The van der Waals surface area contributed by atoms with Gasteiger partial charge in [0.05, 0.1) is 0 Å². The van der Waals surface area contributed by atoms with Gasteiger partial charge in [0, 0.05) is 0 Å². The van der Waals surface area contributed by atoms with Crippen molar-refractivity contribution in [2.24, 2.45) is 0 Å². The van der Waals surface area contributed by atoms with E-state index in [2.05, 4.69) is 302 Å². The third-order valence-electron chi connectivity index (χ3n) is 15.3. The summed E-state index contributed by atoms with van der Waals surface area (Å²) in [6.45, 7) is 27.3. The summed E-state index contributed by atoms with van der Waals surface area (Å²) in [4.78, 5) is 0. The summed E-state index contributed by atoms with van der Waals surface area (Å²) in [6.07, 6.45) is 26.5. The first kappa shape index (κ1) is 71.6. The Morgan fingerprint density at radius 3 is 0.872 bits per heavy atom. The van der Waals surface area contributed by atoms with Crippen molar-refractivity contribution in [3.05, 3.63) is 309 Å². The van der Waals surface area contributed by atoms with E-state index in [1.54, 1.807) is 54.9 Å². The maximum absolute atomic E-state index is 3.53. The number of hydrogen-bond acceptors (Lipinski definition) is 0. The molecule has 12 rings (SSSR count). The molecule has 0 bridgehead atoms. The zero-order chi connectivity index (χ0) is 60.3. The summed E-state index contributed by atoms with van der Waals surface area (Å²) in [5.41, 5.74) is 23.2. The van der Waals surface area contributed by atoms with Crippen LogP contribution in [0.25, 0.3) is 22.3 Å². The van der Waals surface area contributed by atoms with Crippen LogP contribution in [-0.4, -0.2) is 6.41 Å². The average Bonchev–Trinajstić information content (AvgIpc) is 2.64. The van der Waals surface area contributed by atoms with E-state index in [4.69, 9.17) is 0 Å². The molecule has 8 aromatic carbocycles. The molecule has 440 valence electrons. The van der Waals surface area contributed by atoms with Gasteiger partial charge < -0.3 is 24.8 Å². The molecule has 0 N–H and O–H groups in total. The number of fused-ring (bicyclic) bond motifs is 6. The van der Waals surface area contributed by atoms with E-state index in [0.717, 1.165) is 51.4 Å². The fraction of sp³-hybridized carbons (Fsp3) is 0.293. The minimum absolute atomic E-state index is 0. The Labute approximate surface area is 562 Å². The van der Waals surface area contributed by atoms with Gasteiger partial charge in [0.2, 0.25) is 0 Å². The number of allylic oxidation sites excluding steroid dienone is 8. The van der Waals surface area contributed by atoms with Crippen LogP contribution in [0.2, 0.25) is 0 Å². The molecule has 0 radical (unpaired) electrons. The molecule has 0 saturated heterocycles. The van der Waals surface area contributed by atoms with Crippen molar-refractivity contribution >= 4 is 6.41 Å². The van der Waals surface area contributed by atoms with Crippen LogP contribution in [0.15, 0.2) is 218 Å². The zero-order valence-corrected chi connectivity index (χ0v) is 59.6. The normalized spacial score (nSPS) is 12.7. The van der Waals surface area contributed by atoms with E-state index in [9.17, 15) is 0 Å². The van der Waals surface area contributed by atoms with E-state index in [1.165, 1.54) is 89.0 Å². The van der Waals surface area contributed by atoms with Gasteiger partial charge in [-0.3, -0.25) is 12.2 Å². The molecule has 8 aromatic rings. The van der Waals surface area contributed by atoms with Gasteiger partial charge in [-0.05, 0) is 34.8 Å². The molecule has 0 heterocycles. The first-order valence-corrected chi connectivity index (χ1v) is 32.6. The van der Waals surface area contributed by atoms with E-state index >= 15 is 0 Å². The average molecular weight is 1330 g/mol. The second-order valence-electron chi connectivity index (χ2n) is 26.5. The van der Waals surface area contributed by atoms with E-state index in [-0.39, 0.29) is 46.5 Å². The zero-order valence-electron chi connectivity index (χ0n) is 53.2. The second-order valence-corrected chi connectivity index (χ2v) is 30.0. The first-order chi connectivity index (χ1) is 40.0. The summed E-state index contributed by atoms with van der Waals surface area (Å²) >= 11 is 3.10. The van der Waals surface area contributed by atoms with Gasteiger partial charge in [-0.15, -0.1) is 24.0 Å². The Morgan fingerprint density at radius 2 is 0.640 bits per heavy atom. The predicted molar refractivity (Wildman–Crippen MR) is 356 cm³/mol. The SMILES string of the molecule is CC(C)(C)c1c[c-]c2c(c1)-c1cc(C(C)(C)C)ccc1C2.CC(C)(C)c1c[c-]c2c(c1)-c1cc(C(C)(C)C)ccc1C2.[C-]1=CC=CC1.[C-]1=CC=CC1.[Cl-].[Cl-].[Zr+2]=[C](Cc1ccccc1)Cc1ccccc1.[Zr+2]=[C](Cc1ccccc1)Cc1ccccc1. The molecule has 0 amide bonds. The van der Waals surface area contributed by atoms with Crippen molar-refractivity contribution in [3.8, 4) is 22.3 Å². The minimum atomic E-state index is 0. The Bertz CT molecular complexity index is 3070. The molecule has 0 nitrogen and oxygen atoms in total. The summed E-state index contributed by atoms with van der Waals surface area (Å²) in [7, 11) is 0. The molecule has 0 spiro atoms. The van der Waals surface area contributed by atoms with Gasteiger partial charge in [-0.1, -0.05) is 153 Å². The molecule has 86 heavy (non-hydrogen) atoms. The van der Waals surface area contributed by atoms with Crippen LogP contribution in [-0.2, 0) is 109 Å². The molecular weight excluding hydrogens is 1240 g/mol. The number of halogens is 2. The van der Waals surface area contributed by atoms with Crippen molar-refractivity contribution in [1.29, 1.82) is 0 Å². The summed E-state index contributed by atoms with van der Waals surface area (Å²) < 4.78 is 3.20. The molecule has 0 aromatic heterocycles. The summed E-state index contributed by atoms with van der Waals surface area (Å²) in [5, 5.41) is 0. The van der Waals surface area contributed by atoms with Gasteiger partial charge in [-0.2, -0.15) is 70.8 Å². The third-order valence-corrected chi connectivity index (χ3v) is 17.0. The van der Waals surface area contributed by atoms with Crippen LogP contribution in [0.5, 0.6) is 0 Å². The van der Waals surface area contributed by atoms with Crippen molar-refractivity contribution in [3.63, 3.8) is 0 Å². The molecular formula is C82H88Cl2Zr2-2. The Hall–Kier alpha value is -5.19. The third kappa shape index (κ3) is 22.8. The van der Waals surface area contributed by atoms with Gasteiger partial charge >= 0.3 is 224 Å². The molecule has 0 atom stereocenters. The van der Waals surface area contributed by atoms with Crippen LogP contribution in [0.4, 0.5) is 0 Å². The standard InChI is InChI=1S/2C21H25.2C15H14.2C5H5.2ClH.2Zr/c2*1-20(2,3)16-9-7-14-11-15-8-10-17(21(4,5)6)13-19(15)18(14)12-16;2*1-3-8-14(9-4-1)12-7-13-15-10-5-2-6-11-15;2*1-2-4-5-3-1;;;;/h2*7,9-10,12-13H,11H2,1-6H3;2*1-6,8-11H,12-13H2;2*1-3H,4H2;2*1H;;/q2*-1;;;2*-1;;;2*+2/p-2. The molecule has 0 aliphatic heterocycles. The van der Waals surface area contributed by atoms with Gasteiger partial charge in [0.15, 0.2) is 0 Å². The Kier molecular flexibility index (Phi) is 28.3. The van der Waals surface area contributed by atoms with Crippen LogP contribution in [0.1, 0.15) is 163 Å². The van der Waals surface area contributed by atoms with Crippen LogP contribution >= 0.6 is 0 Å². The molecule has 4 heteroatoms. The van der Waals surface area contributed by atoms with E-state index < -0.39 is 0 Å². The van der Waals surface area contributed by atoms with E-state index in [0.29, 0.717) is 0 Å². The molecule has 4 aliphatic rings. The first-order valence-electron chi connectivity index (χ1n) is 30.1. The van der Waals surface area contributed by atoms with Gasteiger partial charge in [0.1, 0.15) is 0 Å². The topological polar surface area (TPSA) is 0 Å². The number of rotatable bonds is 8. The van der Waals surface area contributed by atoms with Crippen molar-refractivity contribution in [1.82, 2.24) is 0 Å². The summed E-state index contributed by atoms with van der Waals surface area (Å²) in [6, 6.07) is 73.0. The Balaban J connectivity index is 0.000000198. The molecule has 4 aliphatic carbocycles. The molecule has 0 unspecified atom stereocenters. The van der Waals surface area contributed by atoms with Crippen LogP contribution < -0.4 is 24.8 Å².